The Bertz CT molecular complexity index is 422. The molecule has 1 saturated carbocycles. The zero-order valence-electron chi connectivity index (χ0n) is 11.9. The van der Waals surface area contributed by atoms with Crippen LogP contribution in [-0.4, -0.2) is 35.5 Å². The zero-order valence-corrected chi connectivity index (χ0v) is 12.8. The molecule has 1 aromatic heterocycles. The van der Waals surface area contributed by atoms with Crippen molar-refractivity contribution in [3.63, 3.8) is 0 Å². The number of thioether (sulfide) groups is 1. The van der Waals surface area contributed by atoms with Crippen molar-refractivity contribution in [1.82, 2.24) is 10.2 Å². The van der Waals surface area contributed by atoms with E-state index in [1.807, 2.05) is 0 Å². The third-order valence-corrected chi connectivity index (χ3v) is 5.31. The molecule has 1 aliphatic heterocycles. The van der Waals surface area contributed by atoms with Crippen LogP contribution in [0.4, 0.5) is 0 Å². The van der Waals surface area contributed by atoms with E-state index in [0.29, 0.717) is 0 Å². The maximum atomic E-state index is 5.86. The van der Waals surface area contributed by atoms with Crippen LogP contribution in [0.25, 0.3) is 0 Å². The van der Waals surface area contributed by atoms with Crippen molar-refractivity contribution in [2.24, 2.45) is 0 Å². The molecule has 1 unspecified atom stereocenters. The Morgan fingerprint density at radius 1 is 1.42 bits per heavy atom. The summed E-state index contributed by atoms with van der Waals surface area (Å²) in [5, 5.41) is 3.51. The smallest absolute Gasteiger partial charge is 0.118 e. The van der Waals surface area contributed by atoms with Gasteiger partial charge in [-0.2, -0.15) is 11.8 Å². The van der Waals surface area contributed by atoms with E-state index in [0.717, 1.165) is 36.7 Å². The van der Waals surface area contributed by atoms with Crippen molar-refractivity contribution < 1.29 is 4.42 Å². The van der Waals surface area contributed by atoms with E-state index in [4.69, 9.17) is 4.42 Å². The van der Waals surface area contributed by atoms with Crippen LogP contribution in [0.5, 0.6) is 0 Å². The first kappa shape index (κ1) is 13.5. The molecule has 3 rings (SSSR count). The number of furan rings is 1. The van der Waals surface area contributed by atoms with Gasteiger partial charge in [0.25, 0.3) is 0 Å². The predicted octanol–water partition coefficient (Wildman–Crippen LogP) is 2.78. The van der Waals surface area contributed by atoms with Gasteiger partial charge in [0, 0.05) is 29.9 Å². The lowest BCUT2D eigenvalue weighted by atomic mass is 10.2. The van der Waals surface area contributed by atoms with Gasteiger partial charge in [-0.05, 0) is 45.1 Å². The van der Waals surface area contributed by atoms with Crippen molar-refractivity contribution in [1.29, 1.82) is 0 Å². The lowest BCUT2D eigenvalue weighted by Gasteiger charge is -2.22. The van der Waals surface area contributed by atoms with Crippen molar-refractivity contribution in [3.8, 4) is 0 Å². The van der Waals surface area contributed by atoms with Gasteiger partial charge in [-0.3, -0.25) is 4.90 Å². The topological polar surface area (TPSA) is 28.4 Å². The molecule has 0 spiro atoms. The Balaban J connectivity index is 1.56. The molecule has 0 aromatic carbocycles. The van der Waals surface area contributed by atoms with Crippen molar-refractivity contribution in [2.75, 3.05) is 18.6 Å². The number of hydrogen-bond acceptors (Lipinski definition) is 4. The Morgan fingerprint density at radius 3 is 2.95 bits per heavy atom. The second-order valence-corrected chi connectivity index (χ2v) is 7.03. The first-order valence-corrected chi connectivity index (χ1v) is 8.47. The van der Waals surface area contributed by atoms with Crippen LogP contribution in [0, 0.1) is 6.92 Å². The summed E-state index contributed by atoms with van der Waals surface area (Å²) in [6.45, 7) is 3.99. The minimum absolute atomic E-state index is 0.743. The van der Waals surface area contributed by atoms with E-state index >= 15 is 0 Å². The summed E-state index contributed by atoms with van der Waals surface area (Å²) in [6, 6.07) is 3.72. The first-order valence-electron chi connectivity index (χ1n) is 7.32. The van der Waals surface area contributed by atoms with Gasteiger partial charge in [0.05, 0.1) is 6.54 Å². The van der Waals surface area contributed by atoms with E-state index in [1.54, 1.807) is 0 Å². The second kappa shape index (κ2) is 5.90. The minimum Gasteiger partial charge on any atom is -0.465 e. The fraction of sp³-hybridized carbons (Fsp3) is 0.733. The summed E-state index contributed by atoms with van der Waals surface area (Å²) in [6.07, 6.45) is 3.98. The molecule has 1 aliphatic carbocycles. The molecule has 1 N–H and O–H groups in total. The average molecular weight is 280 g/mol. The Morgan fingerprint density at radius 2 is 2.26 bits per heavy atom. The molecule has 1 saturated heterocycles. The van der Waals surface area contributed by atoms with Gasteiger partial charge >= 0.3 is 0 Å². The molecular weight excluding hydrogens is 256 g/mol. The van der Waals surface area contributed by atoms with E-state index in [2.05, 4.69) is 42.0 Å². The van der Waals surface area contributed by atoms with Crippen LogP contribution in [0.15, 0.2) is 10.5 Å². The zero-order chi connectivity index (χ0) is 13.2. The third-order valence-electron chi connectivity index (χ3n) is 4.16. The van der Waals surface area contributed by atoms with Crippen LogP contribution < -0.4 is 5.32 Å². The van der Waals surface area contributed by atoms with Gasteiger partial charge in [0.1, 0.15) is 11.5 Å². The van der Waals surface area contributed by atoms with Crippen molar-refractivity contribution in [3.05, 3.63) is 23.2 Å². The molecule has 3 nitrogen and oxygen atoms in total. The molecule has 2 heterocycles. The highest BCUT2D eigenvalue weighted by Gasteiger charge is 2.23. The summed E-state index contributed by atoms with van der Waals surface area (Å²) in [5.41, 5.74) is 1.35. The lowest BCUT2D eigenvalue weighted by molar-refractivity contribution is 0.253. The molecule has 1 aromatic rings. The number of aryl methyl sites for hydroxylation is 1. The summed E-state index contributed by atoms with van der Waals surface area (Å²) in [5.74, 6) is 4.78. The minimum atomic E-state index is 0.743. The summed E-state index contributed by atoms with van der Waals surface area (Å²) in [4.78, 5) is 2.48. The fourth-order valence-corrected chi connectivity index (χ4v) is 3.93. The monoisotopic (exact) mass is 280 g/mol. The van der Waals surface area contributed by atoms with Gasteiger partial charge in [0.15, 0.2) is 0 Å². The second-order valence-electron chi connectivity index (χ2n) is 5.88. The van der Waals surface area contributed by atoms with Crippen molar-refractivity contribution >= 4 is 11.8 Å². The molecule has 0 radical (unpaired) electrons. The molecule has 19 heavy (non-hydrogen) atoms. The predicted molar refractivity (Wildman–Crippen MR) is 80.5 cm³/mol. The Labute approximate surface area is 120 Å². The van der Waals surface area contributed by atoms with Crippen LogP contribution in [0.3, 0.4) is 0 Å². The van der Waals surface area contributed by atoms with Crippen molar-refractivity contribution in [2.45, 2.75) is 51.4 Å². The molecule has 0 bridgehead atoms. The van der Waals surface area contributed by atoms with Gasteiger partial charge in [0.2, 0.25) is 0 Å². The first-order chi connectivity index (χ1) is 9.22. The van der Waals surface area contributed by atoms with E-state index in [-0.39, 0.29) is 0 Å². The summed E-state index contributed by atoms with van der Waals surface area (Å²) < 4.78 is 5.86. The van der Waals surface area contributed by atoms with Crippen LogP contribution >= 0.6 is 11.8 Å². The van der Waals surface area contributed by atoms with Crippen LogP contribution in [-0.2, 0) is 13.1 Å². The number of nitrogens with one attached hydrogen (secondary N) is 1. The highest BCUT2D eigenvalue weighted by atomic mass is 32.2. The average Bonchev–Trinajstić information content (AvgIpc) is 2.92. The van der Waals surface area contributed by atoms with Crippen LogP contribution in [0.2, 0.25) is 0 Å². The molecule has 1 atom stereocenters. The summed E-state index contributed by atoms with van der Waals surface area (Å²) >= 11 is 2.07. The number of hydrogen-bond donors (Lipinski definition) is 1. The maximum Gasteiger partial charge on any atom is 0.118 e. The Hall–Kier alpha value is -0.450. The number of nitrogens with zero attached hydrogens (tertiary/aromatic N) is 1. The van der Waals surface area contributed by atoms with Crippen LogP contribution in [0.1, 0.15) is 36.3 Å². The highest BCUT2D eigenvalue weighted by Crippen LogP contribution is 2.25. The SMILES string of the molecule is Cc1oc(CNC2CC2)cc1CN(C)C1CCSC1. The van der Waals surface area contributed by atoms with Gasteiger partial charge in [-0.1, -0.05) is 0 Å². The van der Waals surface area contributed by atoms with E-state index in [9.17, 15) is 0 Å². The molecule has 4 heteroatoms. The normalized spacial score (nSPS) is 23.4. The maximum absolute atomic E-state index is 5.86. The quantitative estimate of drug-likeness (QED) is 0.867. The molecule has 106 valence electrons. The molecule has 0 amide bonds. The lowest BCUT2D eigenvalue weighted by Crippen LogP contribution is -2.30. The summed E-state index contributed by atoms with van der Waals surface area (Å²) in [7, 11) is 2.24. The van der Waals surface area contributed by atoms with E-state index < -0.39 is 0 Å². The van der Waals surface area contributed by atoms with Gasteiger partial charge < -0.3 is 9.73 Å². The highest BCUT2D eigenvalue weighted by molar-refractivity contribution is 7.99. The fourth-order valence-electron chi connectivity index (χ4n) is 2.63. The molecule has 2 aliphatic rings. The largest absolute Gasteiger partial charge is 0.465 e. The van der Waals surface area contributed by atoms with Gasteiger partial charge in [-0.25, -0.2) is 0 Å². The molecular formula is C15H24N2OS. The number of rotatable bonds is 6. The Kier molecular flexibility index (Phi) is 4.20. The van der Waals surface area contributed by atoms with Gasteiger partial charge in [-0.15, -0.1) is 0 Å². The molecule has 2 fully saturated rings. The van der Waals surface area contributed by atoms with E-state index in [1.165, 1.54) is 36.3 Å². The standard InChI is InChI=1S/C15H24N2OS/c1-11-12(9-17(2)14-5-6-19-10-14)7-15(18-11)8-16-13-3-4-13/h7,13-14,16H,3-6,8-10H2,1-2H3. The third kappa shape index (κ3) is 3.56.